The number of ether oxygens (including phenoxy) is 1. The number of pyridine rings is 2. The maximum Gasteiger partial charge on any atom is 0.214 e. The van der Waals surface area contributed by atoms with Crippen molar-refractivity contribution in [1.29, 1.82) is 0 Å². The molecule has 10 nitrogen and oxygen atoms in total. The molecule has 3 N–H and O–H groups in total. The fourth-order valence-corrected chi connectivity index (χ4v) is 6.65. The van der Waals surface area contributed by atoms with Gasteiger partial charge in [-0.2, -0.15) is 9.40 Å². The van der Waals surface area contributed by atoms with Crippen LogP contribution in [0.15, 0.2) is 24.3 Å². The van der Waals surface area contributed by atoms with E-state index in [2.05, 4.69) is 25.8 Å². The van der Waals surface area contributed by atoms with E-state index in [0.717, 1.165) is 42.3 Å². The van der Waals surface area contributed by atoms with Crippen LogP contribution in [0.25, 0.3) is 10.9 Å². The molecule has 2 fully saturated rings. The number of anilines is 3. The summed E-state index contributed by atoms with van der Waals surface area (Å²) in [6, 6.07) is 7.76. The molecule has 0 saturated carbocycles. The van der Waals surface area contributed by atoms with E-state index in [-0.39, 0.29) is 23.9 Å². The Labute approximate surface area is 193 Å². The SMILES string of the molecule is CCS(=O)(=O)N1[C@@H]2CC[C@H]1CC(Nc1nc(Nc3cc(C)[nH]n3)cc3nc(OC)ccc13)C2. The van der Waals surface area contributed by atoms with Crippen LogP contribution >= 0.6 is 0 Å². The average molecular weight is 472 g/mol. The van der Waals surface area contributed by atoms with Gasteiger partial charge >= 0.3 is 0 Å². The summed E-state index contributed by atoms with van der Waals surface area (Å²) < 4.78 is 32.3. The Morgan fingerprint density at radius 1 is 1.15 bits per heavy atom. The van der Waals surface area contributed by atoms with E-state index in [1.807, 2.05) is 31.2 Å². The standard InChI is InChI=1S/C22H29N7O3S/c1-4-33(30,31)29-15-5-6-16(29)11-14(10-15)23-22-17-7-8-21(32-3)24-18(17)12-19(26-22)25-20-9-13(2)27-28-20/h7-9,12,14-16H,4-6,10-11H2,1-3H3,(H3,23,25,26,27,28)/t14?,15-,16+. The van der Waals surface area contributed by atoms with Crippen molar-refractivity contribution in [2.75, 3.05) is 23.5 Å². The van der Waals surface area contributed by atoms with E-state index >= 15 is 0 Å². The molecule has 3 atom stereocenters. The first-order valence-corrected chi connectivity index (χ1v) is 12.9. The number of piperidine rings is 1. The Bertz CT molecular complexity index is 1260. The summed E-state index contributed by atoms with van der Waals surface area (Å²) in [4.78, 5) is 9.42. The quantitative estimate of drug-likeness (QED) is 0.480. The number of rotatable bonds is 7. The number of aromatic nitrogens is 4. The van der Waals surface area contributed by atoms with Crippen molar-refractivity contribution >= 4 is 38.4 Å². The number of aromatic amines is 1. The third-order valence-corrected chi connectivity index (χ3v) is 8.49. The molecule has 0 radical (unpaired) electrons. The van der Waals surface area contributed by atoms with Crippen LogP contribution in [-0.2, 0) is 10.0 Å². The van der Waals surface area contributed by atoms with Crippen LogP contribution in [0.2, 0.25) is 0 Å². The summed E-state index contributed by atoms with van der Waals surface area (Å²) in [7, 11) is -1.60. The van der Waals surface area contributed by atoms with Gasteiger partial charge < -0.3 is 15.4 Å². The molecule has 2 aliphatic rings. The number of fused-ring (bicyclic) bond motifs is 3. The molecule has 11 heteroatoms. The molecule has 176 valence electrons. The summed E-state index contributed by atoms with van der Waals surface area (Å²) in [6.45, 7) is 3.65. The maximum atomic E-state index is 12.6. The normalized spacial score (nSPS) is 23.1. The molecule has 0 spiro atoms. The van der Waals surface area contributed by atoms with Crippen LogP contribution in [0, 0.1) is 6.92 Å². The van der Waals surface area contributed by atoms with Crippen LogP contribution in [0.3, 0.4) is 0 Å². The first kappa shape index (κ1) is 21.9. The molecule has 2 aliphatic heterocycles. The Balaban J connectivity index is 1.45. The Hall–Kier alpha value is -2.92. The van der Waals surface area contributed by atoms with Gasteiger partial charge in [0.15, 0.2) is 5.82 Å². The van der Waals surface area contributed by atoms with Crippen molar-refractivity contribution in [3.05, 3.63) is 30.0 Å². The first-order chi connectivity index (χ1) is 15.9. The molecule has 3 aromatic rings. The molecule has 1 unspecified atom stereocenters. The van der Waals surface area contributed by atoms with Crippen molar-refractivity contribution in [2.24, 2.45) is 0 Å². The summed E-state index contributed by atoms with van der Waals surface area (Å²) in [5.74, 6) is 2.68. The van der Waals surface area contributed by atoms with Crippen molar-refractivity contribution in [2.45, 2.75) is 57.7 Å². The van der Waals surface area contributed by atoms with E-state index in [1.54, 1.807) is 18.3 Å². The summed E-state index contributed by atoms with van der Waals surface area (Å²) >= 11 is 0. The van der Waals surface area contributed by atoms with Gasteiger partial charge in [-0.25, -0.2) is 18.4 Å². The molecular formula is C22H29N7O3S. The van der Waals surface area contributed by atoms with Crippen LogP contribution in [-0.4, -0.2) is 63.9 Å². The predicted octanol–water partition coefficient (Wildman–Crippen LogP) is 3.17. The first-order valence-electron chi connectivity index (χ1n) is 11.3. The molecule has 0 amide bonds. The largest absolute Gasteiger partial charge is 0.481 e. The third-order valence-electron chi connectivity index (χ3n) is 6.52. The van der Waals surface area contributed by atoms with Gasteiger partial charge in [0, 0.05) is 47.4 Å². The average Bonchev–Trinajstić information content (AvgIpc) is 3.33. The number of sulfonamides is 1. The number of hydrogen-bond acceptors (Lipinski definition) is 8. The Morgan fingerprint density at radius 3 is 2.55 bits per heavy atom. The second kappa shape index (κ2) is 8.45. The highest BCUT2D eigenvalue weighted by Gasteiger charge is 2.46. The zero-order valence-corrected chi connectivity index (χ0v) is 19.8. The smallest absolute Gasteiger partial charge is 0.214 e. The second-order valence-corrected chi connectivity index (χ2v) is 10.9. The number of methoxy groups -OCH3 is 1. The number of nitrogens with zero attached hydrogens (tertiary/aromatic N) is 4. The summed E-state index contributed by atoms with van der Waals surface area (Å²) in [5.41, 5.74) is 1.69. The lowest BCUT2D eigenvalue weighted by atomic mass is 9.99. The Kier molecular flexibility index (Phi) is 5.61. The van der Waals surface area contributed by atoms with Crippen molar-refractivity contribution in [3.63, 3.8) is 0 Å². The van der Waals surface area contributed by atoms with Crippen molar-refractivity contribution in [3.8, 4) is 5.88 Å². The van der Waals surface area contributed by atoms with E-state index in [0.29, 0.717) is 23.3 Å². The monoisotopic (exact) mass is 471 g/mol. The number of aryl methyl sites for hydroxylation is 1. The molecule has 5 rings (SSSR count). The topological polar surface area (TPSA) is 125 Å². The highest BCUT2D eigenvalue weighted by atomic mass is 32.2. The molecule has 2 bridgehead atoms. The molecule has 0 aliphatic carbocycles. The van der Waals surface area contributed by atoms with E-state index in [4.69, 9.17) is 9.72 Å². The molecule has 0 aromatic carbocycles. The minimum Gasteiger partial charge on any atom is -0.481 e. The van der Waals surface area contributed by atoms with Crippen LogP contribution in [0.4, 0.5) is 17.5 Å². The maximum absolute atomic E-state index is 12.6. The summed E-state index contributed by atoms with van der Waals surface area (Å²) in [6.07, 6.45) is 3.35. The lowest BCUT2D eigenvalue weighted by molar-refractivity contribution is 0.235. The number of H-pyrrole nitrogens is 1. The van der Waals surface area contributed by atoms with Gasteiger partial charge in [0.2, 0.25) is 15.9 Å². The Morgan fingerprint density at radius 2 is 1.91 bits per heavy atom. The molecule has 33 heavy (non-hydrogen) atoms. The highest BCUT2D eigenvalue weighted by molar-refractivity contribution is 7.89. The minimum atomic E-state index is -3.19. The van der Waals surface area contributed by atoms with Gasteiger partial charge in [0.1, 0.15) is 11.6 Å². The van der Waals surface area contributed by atoms with Gasteiger partial charge in [-0.15, -0.1) is 0 Å². The van der Waals surface area contributed by atoms with E-state index in [9.17, 15) is 8.42 Å². The highest BCUT2D eigenvalue weighted by Crippen LogP contribution is 2.39. The lowest BCUT2D eigenvalue weighted by Gasteiger charge is -2.38. The second-order valence-electron chi connectivity index (χ2n) is 8.77. The molecular weight excluding hydrogens is 442 g/mol. The third kappa shape index (κ3) is 4.22. The van der Waals surface area contributed by atoms with Crippen molar-refractivity contribution in [1.82, 2.24) is 24.5 Å². The molecule has 5 heterocycles. The van der Waals surface area contributed by atoms with Crippen LogP contribution in [0.5, 0.6) is 5.88 Å². The fraction of sp³-hybridized carbons (Fsp3) is 0.500. The lowest BCUT2D eigenvalue weighted by Crippen LogP contribution is -2.50. The van der Waals surface area contributed by atoms with Crippen LogP contribution in [0.1, 0.15) is 38.3 Å². The van der Waals surface area contributed by atoms with Crippen molar-refractivity contribution < 1.29 is 13.2 Å². The minimum absolute atomic E-state index is 0.0454. The van der Waals surface area contributed by atoms with E-state index in [1.165, 1.54) is 0 Å². The zero-order chi connectivity index (χ0) is 23.2. The number of hydrogen-bond donors (Lipinski definition) is 3. The van der Waals surface area contributed by atoms with Gasteiger partial charge in [0.05, 0.1) is 18.4 Å². The van der Waals surface area contributed by atoms with Gasteiger partial charge in [-0.1, -0.05) is 0 Å². The zero-order valence-electron chi connectivity index (χ0n) is 19.0. The predicted molar refractivity (Wildman–Crippen MR) is 127 cm³/mol. The van der Waals surface area contributed by atoms with Gasteiger partial charge in [-0.05, 0) is 45.6 Å². The molecule has 2 saturated heterocycles. The number of nitrogens with one attached hydrogen (secondary N) is 3. The van der Waals surface area contributed by atoms with Gasteiger partial charge in [0.25, 0.3) is 0 Å². The fourth-order valence-electron chi connectivity index (χ4n) is 5.06. The summed E-state index contributed by atoms with van der Waals surface area (Å²) in [5, 5.41) is 14.9. The van der Waals surface area contributed by atoms with Gasteiger partial charge in [-0.3, -0.25) is 5.10 Å². The molecule has 3 aromatic heterocycles. The van der Waals surface area contributed by atoms with Crippen LogP contribution < -0.4 is 15.4 Å². The van der Waals surface area contributed by atoms with E-state index < -0.39 is 10.0 Å².